The summed E-state index contributed by atoms with van der Waals surface area (Å²) in [6.45, 7) is 4.78. The number of hydrogen-bond donors (Lipinski definition) is 0. The maximum absolute atomic E-state index is 13.6. The highest BCUT2D eigenvalue weighted by atomic mass is 28.3. The van der Waals surface area contributed by atoms with E-state index in [0.29, 0.717) is 12.1 Å². The molecule has 0 radical (unpaired) electrons. The van der Waals surface area contributed by atoms with E-state index in [1.807, 2.05) is 0 Å². The van der Waals surface area contributed by atoms with Crippen molar-refractivity contribution in [1.82, 2.24) is 0 Å². The molecule has 0 N–H and O–H groups in total. The zero-order valence-corrected chi connectivity index (χ0v) is 10.0. The van der Waals surface area contributed by atoms with E-state index in [1.165, 1.54) is 0 Å². The molecule has 16 heavy (non-hydrogen) atoms. The van der Waals surface area contributed by atoms with Gasteiger partial charge in [0.2, 0.25) is 0 Å². The lowest BCUT2D eigenvalue weighted by molar-refractivity contribution is -0.139. The molecule has 1 aromatic rings. The van der Waals surface area contributed by atoms with Crippen molar-refractivity contribution in [3.63, 3.8) is 0 Å². The second-order valence-electron chi connectivity index (χ2n) is 4.53. The fourth-order valence-electron chi connectivity index (χ4n) is 1.46. The molecule has 0 aliphatic carbocycles. The van der Waals surface area contributed by atoms with E-state index in [9.17, 15) is 22.0 Å². The Kier molecular flexibility index (Phi) is 3.15. The molecule has 0 saturated carbocycles. The van der Waals surface area contributed by atoms with Crippen molar-refractivity contribution >= 4 is 13.3 Å². The number of rotatable bonds is 1. The van der Waals surface area contributed by atoms with Gasteiger partial charge in [-0.25, -0.2) is 8.78 Å². The van der Waals surface area contributed by atoms with Crippen molar-refractivity contribution in [2.24, 2.45) is 0 Å². The Labute approximate surface area is 91.1 Å². The molecule has 0 fully saturated rings. The van der Waals surface area contributed by atoms with Gasteiger partial charge in [0, 0.05) is 5.19 Å². The van der Waals surface area contributed by atoms with E-state index in [0.717, 1.165) is 0 Å². The van der Waals surface area contributed by atoms with Crippen molar-refractivity contribution in [2.45, 2.75) is 25.8 Å². The summed E-state index contributed by atoms with van der Waals surface area (Å²) in [6, 6.07) is 1.12. The molecule has 0 aliphatic rings. The zero-order chi connectivity index (χ0) is 12.7. The first-order valence-electron chi connectivity index (χ1n) is 4.61. The summed E-state index contributed by atoms with van der Waals surface area (Å²) < 4.78 is 64.1. The molecule has 0 nitrogen and oxygen atoms in total. The van der Waals surface area contributed by atoms with Gasteiger partial charge >= 0.3 is 6.18 Å². The Bertz CT molecular complexity index is 403. The van der Waals surface area contributed by atoms with Gasteiger partial charge in [-0.3, -0.25) is 0 Å². The van der Waals surface area contributed by atoms with Gasteiger partial charge in [0.1, 0.15) is 11.6 Å². The van der Waals surface area contributed by atoms with Gasteiger partial charge in [-0.15, -0.1) is 0 Å². The smallest absolute Gasteiger partial charge is 0.207 e. The number of halogens is 5. The Morgan fingerprint density at radius 3 is 1.88 bits per heavy atom. The fourth-order valence-corrected chi connectivity index (χ4v) is 3.05. The van der Waals surface area contributed by atoms with E-state index in [-0.39, 0.29) is 0 Å². The third kappa shape index (κ3) is 2.42. The monoisotopic (exact) mass is 254 g/mol. The van der Waals surface area contributed by atoms with Crippen molar-refractivity contribution in [3.8, 4) is 0 Å². The lowest BCUT2D eigenvalue weighted by atomic mass is 10.2. The minimum absolute atomic E-state index is 0.401. The zero-order valence-electron chi connectivity index (χ0n) is 9.04. The van der Waals surface area contributed by atoms with Crippen LogP contribution in [0.2, 0.25) is 19.6 Å². The minimum Gasteiger partial charge on any atom is -0.207 e. The molecule has 0 saturated heterocycles. The first-order chi connectivity index (χ1) is 7.05. The molecule has 90 valence electrons. The van der Waals surface area contributed by atoms with E-state index in [1.54, 1.807) is 19.6 Å². The maximum atomic E-state index is 13.6. The van der Waals surface area contributed by atoms with Gasteiger partial charge in [0.25, 0.3) is 0 Å². The molecule has 0 bridgehead atoms. The fraction of sp³-hybridized carbons (Fsp3) is 0.400. The van der Waals surface area contributed by atoms with Crippen LogP contribution in [0.25, 0.3) is 0 Å². The van der Waals surface area contributed by atoms with Crippen molar-refractivity contribution in [1.29, 1.82) is 0 Å². The van der Waals surface area contributed by atoms with E-state index >= 15 is 0 Å². The normalized spacial score (nSPS) is 13.0. The van der Waals surface area contributed by atoms with E-state index in [4.69, 9.17) is 0 Å². The summed E-state index contributed by atoms with van der Waals surface area (Å²) in [5, 5.41) is -0.401. The Hall–Kier alpha value is -0.913. The lowest BCUT2D eigenvalue weighted by Crippen LogP contribution is -2.43. The molecule has 0 aliphatic heterocycles. The average Bonchev–Trinajstić information content (AvgIpc) is 1.97. The third-order valence-corrected chi connectivity index (χ3v) is 4.10. The summed E-state index contributed by atoms with van der Waals surface area (Å²) in [7, 11) is -2.48. The molecule has 0 spiro atoms. The van der Waals surface area contributed by atoms with Gasteiger partial charge in [0.15, 0.2) is 0 Å². The lowest BCUT2D eigenvalue weighted by Gasteiger charge is -2.20. The summed E-state index contributed by atoms with van der Waals surface area (Å²) in [5.41, 5.74) is -1.40. The highest BCUT2D eigenvalue weighted by molar-refractivity contribution is 6.88. The number of benzene rings is 1. The molecule has 0 atom stereocenters. The Morgan fingerprint density at radius 2 is 1.50 bits per heavy atom. The van der Waals surface area contributed by atoms with E-state index < -0.39 is 36.6 Å². The van der Waals surface area contributed by atoms with Crippen LogP contribution in [0, 0.1) is 11.6 Å². The van der Waals surface area contributed by atoms with Gasteiger partial charge < -0.3 is 0 Å². The minimum atomic E-state index is -4.79. The largest absolute Gasteiger partial charge is 0.419 e. The van der Waals surface area contributed by atoms with Crippen LogP contribution in [0.3, 0.4) is 0 Å². The van der Waals surface area contributed by atoms with Gasteiger partial charge in [-0.05, 0) is 12.1 Å². The summed E-state index contributed by atoms with van der Waals surface area (Å²) in [4.78, 5) is 0. The predicted octanol–water partition coefficient (Wildman–Crippen LogP) is 3.53. The van der Waals surface area contributed by atoms with Crippen LogP contribution in [0.15, 0.2) is 12.1 Å². The molecular formula is C10H11F5Si. The summed E-state index contributed by atoms with van der Waals surface area (Å²) >= 11 is 0. The maximum Gasteiger partial charge on any atom is 0.419 e. The van der Waals surface area contributed by atoms with Crippen molar-refractivity contribution in [2.75, 3.05) is 0 Å². The molecule has 0 aromatic heterocycles. The van der Waals surface area contributed by atoms with Crippen molar-refractivity contribution < 1.29 is 22.0 Å². The quantitative estimate of drug-likeness (QED) is 0.531. The average molecular weight is 254 g/mol. The predicted molar refractivity (Wildman–Crippen MR) is 54.3 cm³/mol. The van der Waals surface area contributed by atoms with E-state index in [2.05, 4.69) is 0 Å². The van der Waals surface area contributed by atoms with Gasteiger partial charge in [-0.2, -0.15) is 13.2 Å². The summed E-state index contributed by atoms with van der Waals surface area (Å²) in [6.07, 6.45) is -4.79. The highest BCUT2D eigenvalue weighted by Gasteiger charge is 2.38. The molecule has 0 amide bonds. The van der Waals surface area contributed by atoms with Crippen LogP contribution in [0.4, 0.5) is 22.0 Å². The van der Waals surface area contributed by atoms with Gasteiger partial charge in [-0.1, -0.05) is 19.6 Å². The Balaban J connectivity index is 3.52. The first kappa shape index (κ1) is 13.2. The Morgan fingerprint density at radius 1 is 1.00 bits per heavy atom. The molecule has 1 aromatic carbocycles. The molecular weight excluding hydrogens is 243 g/mol. The molecule has 0 heterocycles. The molecule has 6 heteroatoms. The van der Waals surface area contributed by atoms with Crippen LogP contribution < -0.4 is 5.19 Å². The van der Waals surface area contributed by atoms with Crippen LogP contribution in [-0.2, 0) is 6.18 Å². The third-order valence-electron chi connectivity index (χ3n) is 2.15. The second kappa shape index (κ2) is 3.83. The molecule has 0 unspecified atom stereocenters. The van der Waals surface area contributed by atoms with Crippen molar-refractivity contribution in [3.05, 3.63) is 29.3 Å². The highest BCUT2D eigenvalue weighted by Crippen LogP contribution is 2.31. The SMILES string of the molecule is C[Si](C)(C)c1c(F)ccc(C(F)(F)F)c1F. The van der Waals surface area contributed by atoms with Crippen LogP contribution in [0.1, 0.15) is 5.56 Å². The second-order valence-corrected chi connectivity index (χ2v) is 9.53. The number of hydrogen-bond acceptors (Lipinski definition) is 0. The standard InChI is InChI=1S/C10H11F5Si/c1-16(2,3)9-7(11)5-4-6(8(9)12)10(13,14)15/h4-5H,1-3H3. The van der Waals surface area contributed by atoms with Gasteiger partial charge in [0.05, 0.1) is 13.6 Å². The number of alkyl halides is 3. The first-order valence-corrected chi connectivity index (χ1v) is 8.11. The van der Waals surface area contributed by atoms with Crippen LogP contribution in [-0.4, -0.2) is 8.07 Å². The van der Waals surface area contributed by atoms with Crippen LogP contribution in [0.5, 0.6) is 0 Å². The topological polar surface area (TPSA) is 0 Å². The van der Waals surface area contributed by atoms with Crippen LogP contribution >= 0.6 is 0 Å². The molecule has 1 rings (SSSR count). The summed E-state index contributed by atoms with van der Waals surface area (Å²) in [5.74, 6) is -2.36.